The van der Waals surface area contributed by atoms with Gasteiger partial charge < -0.3 is 9.84 Å². The zero-order valence-corrected chi connectivity index (χ0v) is 14.5. The zero-order chi connectivity index (χ0) is 18.1. The molecule has 0 saturated heterocycles. The third kappa shape index (κ3) is 3.10. The van der Waals surface area contributed by atoms with E-state index in [1.54, 1.807) is 6.92 Å². The Bertz CT molecular complexity index is 781. The number of rotatable bonds is 4. The molecule has 0 spiro atoms. The van der Waals surface area contributed by atoms with Crippen molar-refractivity contribution in [1.82, 2.24) is 0 Å². The highest BCUT2D eigenvalue weighted by molar-refractivity contribution is 5.96. The summed E-state index contributed by atoms with van der Waals surface area (Å²) < 4.78 is 5.36. The van der Waals surface area contributed by atoms with Crippen molar-refractivity contribution < 1.29 is 19.4 Å². The lowest BCUT2D eigenvalue weighted by molar-refractivity contribution is -0.173. The van der Waals surface area contributed by atoms with Gasteiger partial charge in [-0.15, -0.1) is 0 Å². The summed E-state index contributed by atoms with van der Waals surface area (Å²) in [4.78, 5) is 24.8. The largest absolute Gasteiger partial charge is 0.459 e. The van der Waals surface area contributed by atoms with Crippen molar-refractivity contribution in [2.24, 2.45) is 0 Å². The molecule has 2 atom stereocenters. The summed E-state index contributed by atoms with van der Waals surface area (Å²) in [6, 6.07) is 16.8. The van der Waals surface area contributed by atoms with Gasteiger partial charge in [0.2, 0.25) is 0 Å². The second-order valence-electron chi connectivity index (χ2n) is 7.01. The molecule has 0 unspecified atom stereocenters. The van der Waals surface area contributed by atoms with Crippen LogP contribution in [0.5, 0.6) is 0 Å². The second kappa shape index (κ2) is 6.45. The first-order chi connectivity index (χ1) is 11.8. The number of ketones is 1. The highest BCUT2D eigenvalue weighted by Gasteiger charge is 2.61. The first-order valence-corrected chi connectivity index (χ1v) is 8.37. The maximum Gasteiger partial charge on any atom is 0.339 e. The van der Waals surface area contributed by atoms with Crippen LogP contribution in [0.25, 0.3) is 0 Å². The smallest absolute Gasteiger partial charge is 0.339 e. The molecule has 1 fully saturated rings. The Morgan fingerprint density at radius 3 is 2.36 bits per heavy atom. The van der Waals surface area contributed by atoms with Crippen molar-refractivity contribution in [3.63, 3.8) is 0 Å². The van der Waals surface area contributed by atoms with E-state index >= 15 is 0 Å². The van der Waals surface area contributed by atoms with Gasteiger partial charge in [-0.3, -0.25) is 4.79 Å². The fourth-order valence-corrected chi connectivity index (χ4v) is 3.49. The first-order valence-electron chi connectivity index (χ1n) is 8.37. The van der Waals surface area contributed by atoms with E-state index in [-0.39, 0.29) is 25.2 Å². The van der Waals surface area contributed by atoms with Crippen LogP contribution in [0.1, 0.15) is 36.5 Å². The molecule has 3 rings (SSSR count). The number of hydrogen-bond donors (Lipinski definition) is 1. The quantitative estimate of drug-likeness (QED) is 0.870. The van der Waals surface area contributed by atoms with Gasteiger partial charge in [-0.1, -0.05) is 67.1 Å². The molecule has 4 heteroatoms. The number of aliphatic hydroxyl groups is 1. The van der Waals surface area contributed by atoms with Crippen molar-refractivity contribution in [2.45, 2.75) is 44.3 Å². The molecule has 1 aliphatic rings. The van der Waals surface area contributed by atoms with E-state index in [4.69, 9.17) is 4.74 Å². The fraction of sp³-hybridized carbons (Fsp3) is 0.333. The number of hydrogen-bond acceptors (Lipinski definition) is 4. The lowest BCUT2D eigenvalue weighted by Gasteiger charge is -2.37. The minimum atomic E-state index is -1.85. The Morgan fingerprint density at radius 1 is 1.08 bits per heavy atom. The van der Waals surface area contributed by atoms with E-state index in [1.165, 1.54) is 0 Å². The molecule has 0 aliphatic heterocycles. The molecule has 2 aromatic rings. The van der Waals surface area contributed by atoms with Gasteiger partial charge in [0.25, 0.3) is 0 Å². The molecular weight excluding hydrogens is 316 g/mol. The molecule has 0 amide bonds. The highest BCUT2D eigenvalue weighted by Crippen LogP contribution is 2.47. The van der Waals surface area contributed by atoms with E-state index < -0.39 is 17.0 Å². The average molecular weight is 338 g/mol. The molecular formula is C21H22O4. The fourth-order valence-electron chi connectivity index (χ4n) is 3.49. The molecule has 2 aromatic carbocycles. The summed E-state index contributed by atoms with van der Waals surface area (Å²) >= 11 is 0. The summed E-state index contributed by atoms with van der Waals surface area (Å²) in [6.45, 7) is 3.79. The van der Waals surface area contributed by atoms with Crippen molar-refractivity contribution in [2.75, 3.05) is 0 Å². The van der Waals surface area contributed by atoms with Gasteiger partial charge >= 0.3 is 5.97 Å². The Labute approximate surface area is 147 Å². The zero-order valence-electron chi connectivity index (χ0n) is 14.5. The maximum atomic E-state index is 12.7. The van der Waals surface area contributed by atoms with Gasteiger partial charge in [-0.25, -0.2) is 4.79 Å². The molecule has 1 saturated carbocycles. The van der Waals surface area contributed by atoms with Crippen LogP contribution < -0.4 is 0 Å². The minimum Gasteiger partial charge on any atom is -0.459 e. The summed E-state index contributed by atoms with van der Waals surface area (Å²) in [5.41, 5.74) is -0.171. The van der Waals surface area contributed by atoms with E-state index in [0.717, 1.165) is 16.7 Å². The van der Waals surface area contributed by atoms with E-state index in [1.807, 2.05) is 61.5 Å². The first kappa shape index (κ1) is 17.4. The van der Waals surface area contributed by atoms with Gasteiger partial charge in [0, 0.05) is 18.3 Å². The number of Topliss-reactive ketones (excluding diaryl/α,β-unsaturated/α-hetero) is 1. The van der Waals surface area contributed by atoms with Gasteiger partial charge in [0.05, 0.1) is 0 Å². The maximum absolute atomic E-state index is 12.7. The van der Waals surface area contributed by atoms with Gasteiger partial charge in [0.1, 0.15) is 12.4 Å². The normalized spacial score (nSPS) is 25.8. The third-order valence-corrected chi connectivity index (χ3v) is 5.16. The lowest BCUT2D eigenvalue weighted by Crippen LogP contribution is -2.52. The molecule has 4 nitrogen and oxygen atoms in total. The Kier molecular flexibility index (Phi) is 4.48. The van der Waals surface area contributed by atoms with Crippen LogP contribution in [0.2, 0.25) is 0 Å². The van der Waals surface area contributed by atoms with Crippen LogP contribution in [0.3, 0.4) is 0 Å². The van der Waals surface area contributed by atoms with Crippen LogP contribution in [0, 0.1) is 6.92 Å². The summed E-state index contributed by atoms with van der Waals surface area (Å²) in [5, 5.41) is 11.2. The number of ether oxygens (including phenoxy) is 1. The molecule has 1 N–H and O–H groups in total. The van der Waals surface area contributed by atoms with Crippen LogP contribution in [-0.4, -0.2) is 22.5 Å². The summed E-state index contributed by atoms with van der Waals surface area (Å²) in [5.74, 6) is -0.882. The van der Waals surface area contributed by atoms with E-state index in [9.17, 15) is 14.7 Å². The Hall–Kier alpha value is -2.46. The number of esters is 1. The van der Waals surface area contributed by atoms with Crippen molar-refractivity contribution >= 4 is 11.8 Å². The Morgan fingerprint density at radius 2 is 1.72 bits per heavy atom. The topological polar surface area (TPSA) is 63.6 Å². The number of carbonyl (C=O) groups is 2. The summed E-state index contributed by atoms with van der Waals surface area (Å²) in [7, 11) is 0. The number of carbonyl (C=O) groups excluding carboxylic acids is 2. The van der Waals surface area contributed by atoms with Crippen molar-refractivity contribution in [3.8, 4) is 0 Å². The van der Waals surface area contributed by atoms with Gasteiger partial charge in [-0.05, 0) is 18.1 Å². The lowest BCUT2D eigenvalue weighted by atomic mass is 9.70. The van der Waals surface area contributed by atoms with Crippen molar-refractivity contribution in [1.29, 1.82) is 0 Å². The van der Waals surface area contributed by atoms with E-state index in [0.29, 0.717) is 0 Å². The van der Waals surface area contributed by atoms with Crippen molar-refractivity contribution in [3.05, 3.63) is 71.3 Å². The third-order valence-electron chi connectivity index (χ3n) is 5.16. The predicted molar refractivity (Wildman–Crippen MR) is 94.0 cm³/mol. The molecule has 25 heavy (non-hydrogen) atoms. The Balaban J connectivity index is 1.87. The molecule has 0 aromatic heterocycles. The van der Waals surface area contributed by atoms with Crippen LogP contribution in [0.4, 0.5) is 0 Å². The predicted octanol–water partition coefficient (Wildman–Crippen LogP) is 3.09. The molecule has 0 radical (unpaired) electrons. The SMILES string of the molecule is Cc1ccc([C@]2(C)CC(=O)C[C@@]2(O)C(=O)OCc2ccccc2)cc1. The average Bonchev–Trinajstić information content (AvgIpc) is 2.85. The number of aryl methyl sites for hydroxylation is 1. The second-order valence-corrected chi connectivity index (χ2v) is 7.01. The van der Waals surface area contributed by atoms with Gasteiger partial charge in [-0.2, -0.15) is 0 Å². The van der Waals surface area contributed by atoms with Crippen LogP contribution in [0.15, 0.2) is 54.6 Å². The highest BCUT2D eigenvalue weighted by atomic mass is 16.5. The monoisotopic (exact) mass is 338 g/mol. The number of benzene rings is 2. The van der Waals surface area contributed by atoms with Crippen LogP contribution in [-0.2, 0) is 26.3 Å². The molecule has 130 valence electrons. The minimum absolute atomic E-state index is 0.0696. The molecule has 1 aliphatic carbocycles. The standard InChI is InChI=1S/C21H22O4/c1-15-8-10-17(11-9-15)20(2)12-18(22)13-21(20,24)19(23)25-14-16-6-4-3-5-7-16/h3-11,24H,12-14H2,1-2H3/t20-,21+/m0/s1. The van der Waals surface area contributed by atoms with Crippen LogP contribution >= 0.6 is 0 Å². The van der Waals surface area contributed by atoms with E-state index in [2.05, 4.69) is 0 Å². The summed E-state index contributed by atoms with van der Waals surface area (Å²) in [6.07, 6.45) is -0.0992. The molecule has 0 heterocycles. The van der Waals surface area contributed by atoms with Gasteiger partial charge in [0.15, 0.2) is 5.60 Å². The molecule has 0 bridgehead atoms.